The van der Waals surface area contributed by atoms with E-state index in [1.54, 1.807) is 6.20 Å². The van der Waals surface area contributed by atoms with Gasteiger partial charge < -0.3 is 15.7 Å². The van der Waals surface area contributed by atoms with Gasteiger partial charge in [0, 0.05) is 19.3 Å². The maximum atomic E-state index is 10.8. The minimum absolute atomic E-state index is 0.439. The van der Waals surface area contributed by atoms with E-state index in [0.717, 1.165) is 23.1 Å². The molecular formula is C12H15N3O2. The summed E-state index contributed by atoms with van der Waals surface area (Å²) in [5.41, 5.74) is 8.88. The van der Waals surface area contributed by atoms with E-state index in [0.29, 0.717) is 18.9 Å². The Labute approximate surface area is 99.6 Å². The summed E-state index contributed by atoms with van der Waals surface area (Å²) in [4.78, 5) is 16.2. The van der Waals surface area contributed by atoms with Crippen LogP contribution in [0.25, 0.3) is 5.57 Å². The molecule has 5 heteroatoms. The number of amides is 1. The maximum Gasteiger partial charge on any atom is 0.407 e. The lowest BCUT2D eigenvalue weighted by Gasteiger charge is -2.24. The molecule has 0 saturated heterocycles. The van der Waals surface area contributed by atoms with Gasteiger partial charge in [0.05, 0.1) is 0 Å². The van der Waals surface area contributed by atoms with E-state index in [2.05, 4.69) is 4.98 Å². The van der Waals surface area contributed by atoms with Crippen molar-refractivity contribution in [3.8, 4) is 0 Å². The average Bonchev–Trinajstić information content (AvgIpc) is 2.29. The fraction of sp³-hybridized carbons (Fsp3) is 0.333. The number of aromatic nitrogens is 1. The zero-order valence-corrected chi connectivity index (χ0v) is 9.68. The number of aryl methyl sites for hydroxylation is 1. The van der Waals surface area contributed by atoms with Crippen LogP contribution in [-0.4, -0.2) is 34.2 Å². The Hall–Kier alpha value is -2.04. The molecule has 0 fully saturated rings. The van der Waals surface area contributed by atoms with Crippen LogP contribution in [0.2, 0.25) is 0 Å². The lowest BCUT2D eigenvalue weighted by molar-refractivity contribution is 0.150. The number of rotatable bonds is 1. The highest BCUT2D eigenvalue weighted by molar-refractivity contribution is 5.72. The summed E-state index contributed by atoms with van der Waals surface area (Å²) in [5, 5.41) is 8.85. The molecule has 0 aromatic carbocycles. The number of carboxylic acid groups (broad SMARTS) is 1. The molecule has 0 aliphatic carbocycles. The Kier molecular flexibility index (Phi) is 2.99. The molecule has 2 heterocycles. The first-order valence-electron chi connectivity index (χ1n) is 5.47. The monoisotopic (exact) mass is 233 g/mol. The topological polar surface area (TPSA) is 79.5 Å². The molecule has 17 heavy (non-hydrogen) atoms. The summed E-state index contributed by atoms with van der Waals surface area (Å²) in [6.07, 6.45) is 3.55. The summed E-state index contributed by atoms with van der Waals surface area (Å²) in [7, 11) is 0. The van der Waals surface area contributed by atoms with Gasteiger partial charge in [0.1, 0.15) is 5.82 Å². The van der Waals surface area contributed by atoms with E-state index in [4.69, 9.17) is 10.8 Å². The van der Waals surface area contributed by atoms with Crippen molar-refractivity contribution in [2.24, 2.45) is 0 Å². The lowest BCUT2D eigenvalue weighted by Crippen LogP contribution is -2.33. The van der Waals surface area contributed by atoms with Crippen LogP contribution in [0, 0.1) is 6.92 Å². The summed E-state index contributed by atoms with van der Waals surface area (Å²) in [5.74, 6) is 0.509. The van der Waals surface area contributed by atoms with E-state index < -0.39 is 6.09 Å². The zero-order valence-electron chi connectivity index (χ0n) is 9.68. The minimum Gasteiger partial charge on any atom is -0.465 e. The highest BCUT2D eigenvalue weighted by Crippen LogP contribution is 2.25. The molecule has 1 aliphatic heterocycles. The van der Waals surface area contributed by atoms with Crippen LogP contribution in [0.1, 0.15) is 17.5 Å². The highest BCUT2D eigenvalue weighted by Gasteiger charge is 2.17. The van der Waals surface area contributed by atoms with Gasteiger partial charge in [-0.3, -0.25) is 0 Å². The van der Waals surface area contributed by atoms with Crippen molar-refractivity contribution in [2.75, 3.05) is 18.8 Å². The minimum atomic E-state index is -0.868. The van der Waals surface area contributed by atoms with Crippen molar-refractivity contribution in [1.82, 2.24) is 9.88 Å². The van der Waals surface area contributed by atoms with Gasteiger partial charge in [-0.05, 0) is 36.1 Å². The van der Waals surface area contributed by atoms with Crippen molar-refractivity contribution < 1.29 is 9.90 Å². The standard InChI is InChI=1S/C12H15N3O2/c1-8-6-11(13)14-7-10(8)9-2-4-15(5-3-9)12(16)17/h2,6-7H,3-5H2,1H3,(H2,13,14)(H,16,17). The summed E-state index contributed by atoms with van der Waals surface area (Å²) in [6.45, 7) is 2.96. The first kappa shape index (κ1) is 11.4. The van der Waals surface area contributed by atoms with Gasteiger partial charge >= 0.3 is 6.09 Å². The smallest absolute Gasteiger partial charge is 0.407 e. The van der Waals surface area contributed by atoms with Gasteiger partial charge in [-0.2, -0.15) is 0 Å². The SMILES string of the molecule is Cc1cc(N)ncc1C1=CCN(C(=O)O)CC1. The molecule has 3 N–H and O–H groups in total. The summed E-state index contributed by atoms with van der Waals surface area (Å²) in [6, 6.07) is 1.83. The average molecular weight is 233 g/mol. The third-order valence-electron chi connectivity index (χ3n) is 2.96. The van der Waals surface area contributed by atoms with Gasteiger partial charge in [-0.15, -0.1) is 0 Å². The highest BCUT2D eigenvalue weighted by atomic mass is 16.4. The van der Waals surface area contributed by atoms with E-state index in [9.17, 15) is 4.79 Å². The van der Waals surface area contributed by atoms with E-state index in [1.807, 2.05) is 19.1 Å². The van der Waals surface area contributed by atoms with Gasteiger partial charge in [-0.25, -0.2) is 9.78 Å². The van der Waals surface area contributed by atoms with Crippen LogP contribution in [0.5, 0.6) is 0 Å². The first-order chi connectivity index (χ1) is 8.08. The van der Waals surface area contributed by atoms with Crippen LogP contribution in [0.3, 0.4) is 0 Å². The lowest BCUT2D eigenvalue weighted by atomic mass is 9.97. The van der Waals surface area contributed by atoms with Crippen LogP contribution in [0.15, 0.2) is 18.3 Å². The molecule has 0 radical (unpaired) electrons. The third kappa shape index (κ3) is 2.38. The Balaban J connectivity index is 2.22. The predicted octanol–water partition coefficient (Wildman–Crippen LogP) is 1.74. The molecule has 1 aliphatic rings. The van der Waals surface area contributed by atoms with Crippen molar-refractivity contribution >= 4 is 17.5 Å². The van der Waals surface area contributed by atoms with Crippen molar-refractivity contribution in [3.05, 3.63) is 29.5 Å². The van der Waals surface area contributed by atoms with E-state index in [-0.39, 0.29) is 0 Å². The second kappa shape index (κ2) is 4.45. The molecule has 0 atom stereocenters. The van der Waals surface area contributed by atoms with Crippen molar-refractivity contribution in [3.63, 3.8) is 0 Å². The van der Waals surface area contributed by atoms with Crippen molar-refractivity contribution in [1.29, 1.82) is 0 Å². The second-order valence-electron chi connectivity index (χ2n) is 4.13. The van der Waals surface area contributed by atoms with Gasteiger partial charge in [-0.1, -0.05) is 6.08 Å². The zero-order chi connectivity index (χ0) is 12.4. The molecule has 1 aromatic heterocycles. The van der Waals surface area contributed by atoms with Crippen LogP contribution < -0.4 is 5.73 Å². The fourth-order valence-corrected chi connectivity index (χ4v) is 2.00. The number of hydrogen-bond acceptors (Lipinski definition) is 3. The normalized spacial score (nSPS) is 15.6. The summed E-state index contributed by atoms with van der Waals surface area (Å²) >= 11 is 0. The number of anilines is 1. The number of nitrogens with two attached hydrogens (primary N) is 1. The Morgan fingerprint density at radius 3 is 2.88 bits per heavy atom. The van der Waals surface area contributed by atoms with E-state index in [1.165, 1.54) is 4.90 Å². The molecule has 5 nitrogen and oxygen atoms in total. The first-order valence-corrected chi connectivity index (χ1v) is 5.47. The predicted molar refractivity (Wildman–Crippen MR) is 65.6 cm³/mol. The largest absolute Gasteiger partial charge is 0.465 e. The van der Waals surface area contributed by atoms with E-state index >= 15 is 0 Å². The van der Waals surface area contributed by atoms with Crippen LogP contribution >= 0.6 is 0 Å². The molecule has 90 valence electrons. The maximum absolute atomic E-state index is 10.8. The van der Waals surface area contributed by atoms with Gasteiger partial charge in [0.15, 0.2) is 0 Å². The number of pyridine rings is 1. The van der Waals surface area contributed by atoms with Crippen molar-refractivity contribution in [2.45, 2.75) is 13.3 Å². The number of hydrogen-bond donors (Lipinski definition) is 2. The van der Waals surface area contributed by atoms with Crippen LogP contribution in [-0.2, 0) is 0 Å². The molecule has 1 aromatic rings. The number of carbonyl (C=O) groups is 1. The fourth-order valence-electron chi connectivity index (χ4n) is 2.00. The van der Waals surface area contributed by atoms with Gasteiger partial charge in [0.25, 0.3) is 0 Å². The number of nitrogens with zero attached hydrogens (tertiary/aromatic N) is 2. The molecule has 1 amide bonds. The molecular weight excluding hydrogens is 218 g/mol. The van der Waals surface area contributed by atoms with Gasteiger partial charge in [0.2, 0.25) is 0 Å². The van der Waals surface area contributed by atoms with Crippen LogP contribution in [0.4, 0.5) is 10.6 Å². The summed E-state index contributed by atoms with van der Waals surface area (Å²) < 4.78 is 0. The Morgan fingerprint density at radius 2 is 2.35 bits per heavy atom. The quantitative estimate of drug-likeness (QED) is 0.774. The number of nitrogen functional groups attached to an aromatic ring is 1. The third-order valence-corrected chi connectivity index (χ3v) is 2.96. The Bertz CT molecular complexity index is 483. The molecule has 0 bridgehead atoms. The molecule has 2 rings (SSSR count). The molecule has 0 spiro atoms. The Morgan fingerprint density at radius 1 is 1.59 bits per heavy atom. The molecule has 0 saturated carbocycles. The second-order valence-corrected chi connectivity index (χ2v) is 4.13. The molecule has 0 unspecified atom stereocenters.